The van der Waals surface area contributed by atoms with Gasteiger partial charge in [0, 0.05) is 26.2 Å². The molecular weight excluding hydrogens is 184 g/mol. The Kier molecular flexibility index (Phi) is 6.16. The summed E-state index contributed by atoms with van der Waals surface area (Å²) in [6.07, 6.45) is 1.08. The zero-order valence-electron chi connectivity index (χ0n) is 9.16. The van der Waals surface area contributed by atoms with Crippen LogP contribution in [0.4, 0.5) is 0 Å². The van der Waals surface area contributed by atoms with Crippen molar-refractivity contribution in [2.75, 3.05) is 14.2 Å². The number of ether oxygens (including phenoxy) is 2. The zero-order valence-corrected chi connectivity index (χ0v) is 9.16. The SMILES string of the molecule is COC(CCC(C)=C(C)C(=O)O)OC. The van der Waals surface area contributed by atoms with E-state index in [-0.39, 0.29) is 6.29 Å². The molecule has 0 radical (unpaired) electrons. The molecule has 0 unspecified atom stereocenters. The first kappa shape index (κ1) is 13.1. The van der Waals surface area contributed by atoms with Crippen molar-refractivity contribution in [2.24, 2.45) is 0 Å². The van der Waals surface area contributed by atoms with Gasteiger partial charge < -0.3 is 14.6 Å². The van der Waals surface area contributed by atoms with Gasteiger partial charge in [-0.15, -0.1) is 0 Å². The minimum Gasteiger partial charge on any atom is -0.478 e. The van der Waals surface area contributed by atoms with E-state index in [4.69, 9.17) is 14.6 Å². The summed E-state index contributed by atoms with van der Waals surface area (Å²) in [6.45, 7) is 3.41. The summed E-state index contributed by atoms with van der Waals surface area (Å²) < 4.78 is 10.00. The summed E-state index contributed by atoms with van der Waals surface area (Å²) in [5.74, 6) is -0.867. The van der Waals surface area contributed by atoms with Crippen molar-refractivity contribution in [2.45, 2.75) is 33.0 Å². The summed E-state index contributed by atoms with van der Waals surface area (Å²) in [7, 11) is 3.13. The number of carboxylic acid groups (broad SMARTS) is 1. The Balaban J connectivity index is 4.12. The molecule has 0 aromatic rings. The molecule has 4 nitrogen and oxygen atoms in total. The van der Waals surface area contributed by atoms with Crippen LogP contribution in [0.15, 0.2) is 11.1 Å². The average molecular weight is 202 g/mol. The lowest BCUT2D eigenvalue weighted by atomic mass is 10.1. The Morgan fingerprint density at radius 2 is 1.79 bits per heavy atom. The second kappa shape index (κ2) is 6.56. The Morgan fingerprint density at radius 3 is 2.14 bits per heavy atom. The number of carbonyl (C=O) groups is 1. The molecule has 0 rings (SSSR count). The third kappa shape index (κ3) is 4.39. The Labute approximate surface area is 84.5 Å². The average Bonchev–Trinajstić information content (AvgIpc) is 2.17. The van der Waals surface area contributed by atoms with Crippen LogP contribution < -0.4 is 0 Å². The van der Waals surface area contributed by atoms with E-state index in [1.807, 2.05) is 6.92 Å². The normalized spacial score (nSPS) is 12.9. The molecule has 0 saturated heterocycles. The molecule has 0 aromatic heterocycles. The lowest BCUT2D eigenvalue weighted by molar-refractivity contribution is -0.132. The van der Waals surface area contributed by atoms with E-state index in [0.29, 0.717) is 18.4 Å². The summed E-state index contributed by atoms with van der Waals surface area (Å²) in [5, 5.41) is 8.71. The predicted octanol–water partition coefficient (Wildman–Crippen LogP) is 1.81. The fourth-order valence-electron chi connectivity index (χ4n) is 1.04. The number of allylic oxidation sites excluding steroid dienone is 1. The quantitative estimate of drug-likeness (QED) is 0.527. The topological polar surface area (TPSA) is 55.8 Å². The number of rotatable bonds is 6. The maximum Gasteiger partial charge on any atom is 0.331 e. The van der Waals surface area contributed by atoms with Gasteiger partial charge in [0.2, 0.25) is 0 Å². The van der Waals surface area contributed by atoms with E-state index in [2.05, 4.69) is 0 Å². The van der Waals surface area contributed by atoms with Crippen LogP contribution in [-0.2, 0) is 14.3 Å². The Hall–Kier alpha value is -0.870. The Bertz CT molecular complexity index is 216. The van der Waals surface area contributed by atoms with Crippen LogP contribution in [0.1, 0.15) is 26.7 Å². The first-order valence-electron chi connectivity index (χ1n) is 4.48. The highest BCUT2D eigenvalue weighted by Crippen LogP contribution is 2.13. The van der Waals surface area contributed by atoms with Gasteiger partial charge in [0.15, 0.2) is 6.29 Å². The van der Waals surface area contributed by atoms with Gasteiger partial charge in [-0.1, -0.05) is 5.57 Å². The van der Waals surface area contributed by atoms with Crippen LogP contribution in [0.3, 0.4) is 0 Å². The fraction of sp³-hybridized carbons (Fsp3) is 0.700. The van der Waals surface area contributed by atoms with Crippen LogP contribution in [0.2, 0.25) is 0 Å². The molecule has 1 N–H and O–H groups in total. The molecule has 0 aliphatic heterocycles. The minimum atomic E-state index is -0.867. The van der Waals surface area contributed by atoms with Crippen molar-refractivity contribution >= 4 is 5.97 Å². The lowest BCUT2D eigenvalue weighted by Crippen LogP contribution is -2.13. The molecule has 0 atom stereocenters. The largest absolute Gasteiger partial charge is 0.478 e. The molecule has 0 aliphatic rings. The highest BCUT2D eigenvalue weighted by atomic mass is 16.7. The molecular formula is C10H18O4. The molecule has 82 valence electrons. The second-order valence-corrected chi connectivity index (χ2v) is 3.15. The molecule has 0 heterocycles. The van der Waals surface area contributed by atoms with Gasteiger partial charge in [0.25, 0.3) is 0 Å². The van der Waals surface area contributed by atoms with Gasteiger partial charge in [0.1, 0.15) is 0 Å². The fourth-order valence-corrected chi connectivity index (χ4v) is 1.04. The highest BCUT2D eigenvalue weighted by molar-refractivity contribution is 5.86. The first-order valence-corrected chi connectivity index (χ1v) is 4.48. The third-order valence-electron chi connectivity index (χ3n) is 2.24. The number of aliphatic carboxylic acids is 1. The molecule has 0 spiro atoms. The molecule has 0 aromatic carbocycles. The smallest absolute Gasteiger partial charge is 0.331 e. The molecule has 0 fully saturated rings. The van der Waals surface area contributed by atoms with E-state index < -0.39 is 5.97 Å². The number of methoxy groups -OCH3 is 2. The number of hydrogen-bond acceptors (Lipinski definition) is 3. The number of hydrogen-bond donors (Lipinski definition) is 1. The molecule has 0 saturated carbocycles. The third-order valence-corrected chi connectivity index (χ3v) is 2.24. The van der Waals surface area contributed by atoms with Crippen LogP contribution in [0, 0.1) is 0 Å². The summed E-state index contributed by atoms with van der Waals surface area (Å²) >= 11 is 0. The van der Waals surface area contributed by atoms with Crippen LogP contribution in [-0.4, -0.2) is 31.6 Å². The van der Waals surface area contributed by atoms with Gasteiger partial charge in [-0.25, -0.2) is 4.79 Å². The standard InChI is InChI=1S/C10H18O4/c1-7(8(2)10(11)12)5-6-9(13-3)14-4/h9H,5-6H2,1-4H3,(H,11,12). The molecule has 4 heteroatoms. The maximum atomic E-state index is 10.6. The molecule has 0 aliphatic carbocycles. The maximum absolute atomic E-state index is 10.6. The van der Waals surface area contributed by atoms with Crippen LogP contribution in [0.5, 0.6) is 0 Å². The van der Waals surface area contributed by atoms with Gasteiger partial charge in [0.05, 0.1) is 0 Å². The van der Waals surface area contributed by atoms with E-state index in [9.17, 15) is 4.79 Å². The minimum absolute atomic E-state index is 0.258. The molecule has 14 heavy (non-hydrogen) atoms. The van der Waals surface area contributed by atoms with E-state index in [1.165, 1.54) is 0 Å². The summed E-state index contributed by atoms with van der Waals surface area (Å²) in [6, 6.07) is 0. The Morgan fingerprint density at radius 1 is 1.29 bits per heavy atom. The number of carboxylic acids is 1. The van der Waals surface area contributed by atoms with Gasteiger partial charge in [-0.05, 0) is 20.3 Å². The van der Waals surface area contributed by atoms with Gasteiger partial charge in [-0.3, -0.25) is 0 Å². The van der Waals surface area contributed by atoms with Crippen molar-refractivity contribution < 1.29 is 19.4 Å². The van der Waals surface area contributed by atoms with Crippen molar-refractivity contribution in [1.82, 2.24) is 0 Å². The van der Waals surface area contributed by atoms with Crippen molar-refractivity contribution in [1.29, 1.82) is 0 Å². The first-order chi connectivity index (χ1) is 6.52. The molecule has 0 bridgehead atoms. The van der Waals surface area contributed by atoms with Gasteiger partial charge >= 0.3 is 5.97 Å². The molecule has 0 amide bonds. The highest BCUT2D eigenvalue weighted by Gasteiger charge is 2.09. The monoisotopic (exact) mass is 202 g/mol. The van der Waals surface area contributed by atoms with Crippen molar-refractivity contribution in [3.05, 3.63) is 11.1 Å². The summed E-state index contributed by atoms with van der Waals surface area (Å²) in [4.78, 5) is 10.6. The summed E-state index contributed by atoms with van der Waals surface area (Å²) in [5.41, 5.74) is 1.26. The second-order valence-electron chi connectivity index (χ2n) is 3.15. The van der Waals surface area contributed by atoms with Crippen molar-refractivity contribution in [3.8, 4) is 0 Å². The predicted molar refractivity (Wildman–Crippen MR) is 53.0 cm³/mol. The van der Waals surface area contributed by atoms with Crippen LogP contribution in [0.25, 0.3) is 0 Å². The van der Waals surface area contributed by atoms with Crippen LogP contribution >= 0.6 is 0 Å². The zero-order chi connectivity index (χ0) is 11.1. The van der Waals surface area contributed by atoms with E-state index in [1.54, 1.807) is 21.1 Å². The lowest BCUT2D eigenvalue weighted by Gasteiger charge is -2.13. The van der Waals surface area contributed by atoms with E-state index >= 15 is 0 Å². The van der Waals surface area contributed by atoms with Crippen molar-refractivity contribution in [3.63, 3.8) is 0 Å². The van der Waals surface area contributed by atoms with E-state index in [0.717, 1.165) is 5.57 Å². The van der Waals surface area contributed by atoms with Gasteiger partial charge in [-0.2, -0.15) is 0 Å².